The molecule has 2 heterocycles. The molecule has 0 fully saturated rings. The number of aromatic nitrogens is 1. The lowest BCUT2D eigenvalue weighted by atomic mass is 10.1. The van der Waals surface area contributed by atoms with Crippen LogP contribution in [0.2, 0.25) is 0 Å². The van der Waals surface area contributed by atoms with Gasteiger partial charge in [-0.3, -0.25) is 10.0 Å². The highest BCUT2D eigenvalue weighted by Gasteiger charge is 2.18. The number of hydrogen-bond acceptors (Lipinski definition) is 6. The van der Waals surface area contributed by atoms with E-state index in [9.17, 15) is 13.2 Å². The number of carbonyl (C=O) groups excluding carboxylic acids is 1. The molecule has 30 heavy (non-hydrogen) atoms. The van der Waals surface area contributed by atoms with Crippen LogP contribution in [-0.2, 0) is 10.0 Å². The Morgan fingerprint density at radius 1 is 1.03 bits per heavy atom. The molecule has 152 valence electrons. The van der Waals surface area contributed by atoms with Crippen molar-refractivity contribution in [2.45, 2.75) is 4.90 Å². The topological polar surface area (TPSA) is 113 Å². The van der Waals surface area contributed by atoms with Crippen molar-refractivity contribution in [2.75, 3.05) is 15.4 Å². The molecule has 2 aromatic carbocycles. The number of nitrogens with one attached hydrogen (secondary N) is 3. The number of anilines is 3. The second kappa shape index (κ2) is 8.39. The summed E-state index contributed by atoms with van der Waals surface area (Å²) < 4.78 is 33.2. The van der Waals surface area contributed by atoms with Gasteiger partial charge in [0, 0.05) is 11.3 Å². The van der Waals surface area contributed by atoms with Gasteiger partial charge in [-0.05, 0) is 46.7 Å². The third kappa shape index (κ3) is 4.50. The summed E-state index contributed by atoms with van der Waals surface area (Å²) in [5.41, 5.74) is 2.30. The van der Waals surface area contributed by atoms with Crippen LogP contribution < -0.4 is 15.4 Å². The number of carbonyl (C=O) groups is 1. The summed E-state index contributed by atoms with van der Waals surface area (Å²) in [6.07, 6.45) is 2.73. The Balaban J connectivity index is 1.66. The third-order valence-electron chi connectivity index (χ3n) is 4.06. The Hall–Kier alpha value is -3.63. The molecule has 0 radical (unpaired) electrons. The number of hydrogen-bond donors (Lipinski definition) is 3. The Bertz CT molecular complexity index is 1240. The average molecular weight is 441 g/mol. The summed E-state index contributed by atoms with van der Waals surface area (Å²) in [6, 6.07) is 14.4. The van der Waals surface area contributed by atoms with Gasteiger partial charge in [0.05, 0.1) is 16.8 Å². The van der Waals surface area contributed by atoms with Crippen LogP contribution in [0.4, 0.5) is 22.2 Å². The number of sulfonamides is 1. The van der Waals surface area contributed by atoms with Crippen molar-refractivity contribution < 1.29 is 17.6 Å². The molecule has 4 aromatic rings. The Morgan fingerprint density at radius 2 is 1.87 bits per heavy atom. The molecule has 0 saturated heterocycles. The summed E-state index contributed by atoms with van der Waals surface area (Å²) >= 11 is 1.49. The molecule has 2 aromatic heterocycles. The second-order valence-electron chi connectivity index (χ2n) is 6.11. The summed E-state index contributed by atoms with van der Waals surface area (Å²) in [5.74, 6) is 0. The molecule has 10 heteroatoms. The fourth-order valence-electron chi connectivity index (χ4n) is 2.72. The van der Waals surface area contributed by atoms with Crippen LogP contribution in [0.5, 0.6) is 0 Å². The maximum atomic E-state index is 12.8. The van der Waals surface area contributed by atoms with Gasteiger partial charge in [-0.15, -0.1) is 0 Å². The molecule has 0 bridgehead atoms. The highest BCUT2D eigenvalue weighted by molar-refractivity contribution is 7.92. The molecule has 0 aliphatic heterocycles. The molecular weight excluding hydrogens is 424 g/mol. The van der Waals surface area contributed by atoms with Crippen LogP contribution in [0.15, 0.2) is 87.1 Å². The first kappa shape index (κ1) is 19.7. The number of thiophene rings is 1. The van der Waals surface area contributed by atoms with Crippen LogP contribution in [0.1, 0.15) is 0 Å². The monoisotopic (exact) mass is 440 g/mol. The summed E-state index contributed by atoms with van der Waals surface area (Å²) in [4.78, 5) is 16.2. The maximum Gasteiger partial charge on any atom is 0.327 e. The van der Waals surface area contributed by atoms with Gasteiger partial charge in [0.25, 0.3) is 10.0 Å². The number of nitrogens with zero attached hydrogens (tertiary/aromatic N) is 1. The molecule has 0 aliphatic carbocycles. The number of rotatable bonds is 6. The first-order chi connectivity index (χ1) is 14.5. The van der Waals surface area contributed by atoms with E-state index in [-0.39, 0.29) is 10.9 Å². The van der Waals surface area contributed by atoms with Crippen molar-refractivity contribution in [3.8, 4) is 11.1 Å². The zero-order valence-electron chi connectivity index (χ0n) is 15.4. The van der Waals surface area contributed by atoms with Crippen LogP contribution in [0.25, 0.3) is 11.1 Å². The molecule has 0 unspecified atom stereocenters. The van der Waals surface area contributed by atoms with E-state index in [1.165, 1.54) is 35.9 Å². The minimum atomic E-state index is -3.86. The maximum absolute atomic E-state index is 12.8. The summed E-state index contributed by atoms with van der Waals surface area (Å²) in [5, 5.41) is 8.93. The highest BCUT2D eigenvalue weighted by Crippen LogP contribution is 2.32. The third-order valence-corrected chi connectivity index (χ3v) is 6.12. The van der Waals surface area contributed by atoms with E-state index < -0.39 is 16.1 Å². The van der Waals surface area contributed by atoms with Crippen molar-refractivity contribution in [1.82, 2.24) is 4.98 Å². The van der Waals surface area contributed by atoms with Gasteiger partial charge >= 0.3 is 12.0 Å². The Labute approximate surface area is 176 Å². The van der Waals surface area contributed by atoms with Crippen LogP contribution in [-0.4, -0.2) is 19.4 Å². The highest BCUT2D eigenvalue weighted by atomic mass is 32.2. The van der Waals surface area contributed by atoms with E-state index in [1.54, 1.807) is 36.4 Å². The quantitative estimate of drug-likeness (QED) is 0.397. The van der Waals surface area contributed by atoms with Crippen LogP contribution in [0.3, 0.4) is 0 Å². The molecule has 0 atom stereocenters. The molecule has 0 spiro atoms. The van der Waals surface area contributed by atoms with Gasteiger partial charge < -0.3 is 9.73 Å². The SMILES string of the molecule is O=C(Nc1ncco1)Nc1cc(S(=O)(=O)Nc2ccccc2)ccc1-c1ccsc1. The van der Waals surface area contributed by atoms with Crippen LogP contribution >= 0.6 is 11.3 Å². The smallest absolute Gasteiger partial charge is 0.327 e. The predicted octanol–water partition coefficient (Wildman–Crippen LogP) is 4.85. The van der Waals surface area contributed by atoms with Gasteiger partial charge in [0.1, 0.15) is 6.26 Å². The molecule has 0 saturated carbocycles. The fraction of sp³-hybridized carbons (Fsp3) is 0. The number of benzene rings is 2. The first-order valence-corrected chi connectivity index (χ1v) is 11.2. The standard InChI is InChI=1S/C20H16N4O4S2/c25-19(23-20-21-9-10-28-20)22-18-12-16(6-7-17(18)14-8-11-29-13-14)30(26,27)24-15-4-2-1-3-5-15/h1-13,24H,(H2,21,22,23,25). The molecular formula is C20H16N4O4S2. The number of para-hydroxylation sites is 1. The fourth-order valence-corrected chi connectivity index (χ4v) is 4.46. The van der Waals surface area contributed by atoms with E-state index in [4.69, 9.17) is 4.42 Å². The zero-order chi connectivity index (χ0) is 21.0. The van der Waals surface area contributed by atoms with E-state index in [1.807, 2.05) is 16.8 Å². The van der Waals surface area contributed by atoms with E-state index in [0.717, 1.165) is 5.56 Å². The Kier molecular flexibility index (Phi) is 5.50. The second-order valence-corrected chi connectivity index (χ2v) is 8.57. The van der Waals surface area contributed by atoms with Gasteiger partial charge in [0.15, 0.2) is 0 Å². The number of amides is 2. The molecule has 4 rings (SSSR count). The van der Waals surface area contributed by atoms with Gasteiger partial charge in [-0.25, -0.2) is 18.2 Å². The van der Waals surface area contributed by atoms with E-state index >= 15 is 0 Å². The minimum Gasteiger partial charge on any atom is -0.432 e. The van der Waals surface area contributed by atoms with E-state index in [0.29, 0.717) is 16.9 Å². The van der Waals surface area contributed by atoms with E-state index in [2.05, 4.69) is 20.3 Å². The van der Waals surface area contributed by atoms with Crippen molar-refractivity contribution in [3.63, 3.8) is 0 Å². The van der Waals surface area contributed by atoms with Crippen molar-refractivity contribution in [2.24, 2.45) is 0 Å². The van der Waals surface area contributed by atoms with Crippen LogP contribution in [0, 0.1) is 0 Å². The van der Waals surface area contributed by atoms with Gasteiger partial charge in [-0.1, -0.05) is 24.3 Å². The molecule has 3 N–H and O–H groups in total. The lowest BCUT2D eigenvalue weighted by Crippen LogP contribution is -2.20. The minimum absolute atomic E-state index is 0.0109. The normalized spacial score (nSPS) is 11.1. The summed E-state index contributed by atoms with van der Waals surface area (Å²) in [7, 11) is -3.86. The molecule has 0 aliphatic rings. The van der Waals surface area contributed by atoms with Crippen molar-refractivity contribution in [3.05, 3.63) is 77.8 Å². The van der Waals surface area contributed by atoms with Crippen molar-refractivity contribution >= 4 is 44.8 Å². The lowest BCUT2D eigenvalue weighted by molar-refractivity contribution is 0.261. The molecule has 8 nitrogen and oxygen atoms in total. The first-order valence-electron chi connectivity index (χ1n) is 8.73. The lowest BCUT2D eigenvalue weighted by Gasteiger charge is -2.14. The van der Waals surface area contributed by atoms with Crippen molar-refractivity contribution in [1.29, 1.82) is 0 Å². The zero-order valence-corrected chi connectivity index (χ0v) is 17.0. The predicted molar refractivity (Wildman–Crippen MR) is 116 cm³/mol. The number of urea groups is 1. The number of oxazole rings is 1. The average Bonchev–Trinajstić information content (AvgIpc) is 3.42. The largest absolute Gasteiger partial charge is 0.432 e. The van der Waals surface area contributed by atoms with Gasteiger partial charge in [0.2, 0.25) is 0 Å². The van der Waals surface area contributed by atoms with Gasteiger partial charge in [-0.2, -0.15) is 11.3 Å². The summed E-state index contributed by atoms with van der Waals surface area (Å²) in [6.45, 7) is 0. The molecule has 2 amide bonds. The Morgan fingerprint density at radius 3 is 2.57 bits per heavy atom.